The first-order valence-corrected chi connectivity index (χ1v) is 7.71. The van der Waals surface area contributed by atoms with Crippen molar-refractivity contribution in [2.24, 2.45) is 5.92 Å². The predicted octanol–water partition coefficient (Wildman–Crippen LogP) is 3.24. The van der Waals surface area contributed by atoms with Crippen molar-refractivity contribution in [1.29, 1.82) is 0 Å². The number of aliphatic hydroxyl groups excluding tert-OH is 1. The molecule has 2 aliphatic carbocycles. The number of hydrogen-bond acceptors (Lipinski definition) is 2. The highest BCUT2D eigenvalue weighted by Gasteiger charge is 2.27. The molecule has 0 heterocycles. The van der Waals surface area contributed by atoms with E-state index in [1.165, 1.54) is 51.4 Å². The Morgan fingerprint density at radius 1 is 0.882 bits per heavy atom. The third-order valence-corrected chi connectivity index (χ3v) is 4.81. The maximum Gasteiger partial charge on any atom is 0.0693 e. The zero-order valence-electron chi connectivity index (χ0n) is 11.3. The van der Waals surface area contributed by atoms with Crippen LogP contribution in [0.4, 0.5) is 0 Å². The molecule has 0 aromatic rings. The third kappa shape index (κ3) is 3.96. The van der Waals surface area contributed by atoms with Crippen LogP contribution in [0.1, 0.15) is 71.1 Å². The van der Waals surface area contributed by atoms with Gasteiger partial charge in [0.2, 0.25) is 0 Å². The summed E-state index contributed by atoms with van der Waals surface area (Å²) < 4.78 is 0. The maximum atomic E-state index is 10.0. The summed E-state index contributed by atoms with van der Waals surface area (Å²) in [6, 6.07) is 0.952. The smallest absolute Gasteiger partial charge is 0.0693 e. The van der Waals surface area contributed by atoms with Gasteiger partial charge in [0.05, 0.1) is 6.10 Å². The molecule has 17 heavy (non-hydrogen) atoms. The number of nitrogens with one attached hydrogen (secondary N) is 1. The van der Waals surface area contributed by atoms with Crippen molar-refractivity contribution in [3.05, 3.63) is 0 Å². The minimum atomic E-state index is -0.100. The zero-order chi connectivity index (χ0) is 12.1. The molecule has 3 atom stereocenters. The molecule has 2 fully saturated rings. The molecule has 0 aliphatic heterocycles. The SMILES string of the molecule is C[C@H](N[C@@H]1CCCC[C@H]1O)C1CCCCCC1. The molecule has 0 radical (unpaired) electrons. The molecule has 100 valence electrons. The second-order valence-corrected chi connectivity index (χ2v) is 6.17. The van der Waals surface area contributed by atoms with Crippen molar-refractivity contribution in [2.45, 2.75) is 89.3 Å². The van der Waals surface area contributed by atoms with Gasteiger partial charge >= 0.3 is 0 Å². The normalized spacial score (nSPS) is 34.2. The van der Waals surface area contributed by atoms with E-state index in [9.17, 15) is 5.11 Å². The molecule has 2 heteroatoms. The lowest BCUT2D eigenvalue weighted by Crippen LogP contribution is -2.48. The Hall–Kier alpha value is -0.0800. The van der Waals surface area contributed by atoms with Crippen LogP contribution in [-0.4, -0.2) is 23.3 Å². The number of rotatable bonds is 3. The number of hydrogen-bond donors (Lipinski definition) is 2. The van der Waals surface area contributed by atoms with Crippen LogP contribution < -0.4 is 5.32 Å². The zero-order valence-corrected chi connectivity index (χ0v) is 11.3. The van der Waals surface area contributed by atoms with Crippen LogP contribution in [0, 0.1) is 5.92 Å². The second-order valence-electron chi connectivity index (χ2n) is 6.17. The van der Waals surface area contributed by atoms with Crippen molar-refractivity contribution in [1.82, 2.24) is 5.32 Å². The van der Waals surface area contributed by atoms with Gasteiger partial charge in [-0.15, -0.1) is 0 Å². The molecule has 0 bridgehead atoms. The van der Waals surface area contributed by atoms with Gasteiger partial charge in [0.1, 0.15) is 0 Å². The van der Waals surface area contributed by atoms with Crippen LogP contribution in [0.5, 0.6) is 0 Å². The van der Waals surface area contributed by atoms with Crippen molar-refractivity contribution >= 4 is 0 Å². The largest absolute Gasteiger partial charge is 0.392 e. The van der Waals surface area contributed by atoms with E-state index >= 15 is 0 Å². The summed E-state index contributed by atoms with van der Waals surface area (Å²) in [5.74, 6) is 0.839. The van der Waals surface area contributed by atoms with Gasteiger partial charge in [-0.25, -0.2) is 0 Å². The maximum absolute atomic E-state index is 10.0. The summed E-state index contributed by atoms with van der Waals surface area (Å²) in [5, 5.41) is 13.7. The van der Waals surface area contributed by atoms with Gasteiger partial charge in [0, 0.05) is 12.1 Å². The van der Waals surface area contributed by atoms with E-state index < -0.39 is 0 Å². The first-order valence-electron chi connectivity index (χ1n) is 7.71. The topological polar surface area (TPSA) is 32.3 Å². The third-order valence-electron chi connectivity index (χ3n) is 4.81. The van der Waals surface area contributed by atoms with Crippen LogP contribution in [0.3, 0.4) is 0 Å². The summed E-state index contributed by atoms with van der Waals surface area (Å²) in [4.78, 5) is 0. The van der Waals surface area contributed by atoms with Gasteiger partial charge in [-0.1, -0.05) is 38.5 Å². The molecule has 0 saturated heterocycles. The fourth-order valence-electron chi connectivity index (χ4n) is 3.59. The summed E-state index contributed by atoms with van der Waals surface area (Å²) >= 11 is 0. The van der Waals surface area contributed by atoms with E-state index in [0.717, 1.165) is 18.8 Å². The monoisotopic (exact) mass is 239 g/mol. The van der Waals surface area contributed by atoms with Crippen molar-refractivity contribution in [3.63, 3.8) is 0 Å². The molecule has 0 aromatic heterocycles. The first-order chi connectivity index (χ1) is 8.27. The van der Waals surface area contributed by atoms with E-state index in [1.807, 2.05) is 0 Å². The minimum Gasteiger partial charge on any atom is -0.392 e. The Kier molecular flexibility index (Phi) is 5.30. The Bertz CT molecular complexity index is 211. The lowest BCUT2D eigenvalue weighted by Gasteiger charge is -2.34. The Morgan fingerprint density at radius 2 is 1.47 bits per heavy atom. The second kappa shape index (κ2) is 6.75. The molecule has 0 amide bonds. The Balaban J connectivity index is 1.79. The molecular weight excluding hydrogens is 210 g/mol. The fraction of sp³-hybridized carbons (Fsp3) is 1.00. The van der Waals surface area contributed by atoms with Crippen LogP contribution >= 0.6 is 0 Å². The van der Waals surface area contributed by atoms with Gasteiger partial charge in [-0.3, -0.25) is 0 Å². The quantitative estimate of drug-likeness (QED) is 0.741. The van der Waals surface area contributed by atoms with Crippen LogP contribution in [0.2, 0.25) is 0 Å². The van der Waals surface area contributed by atoms with E-state index in [0.29, 0.717) is 12.1 Å². The highest BCUT2D eigenvalue weighted by Crippen LogP contribution is 2.27. The lowest BCUT2D eigenvalue weighted by molar-refractivity contribution is 0.0803. The molecule has 0 unspecified atom stereocenters. The standard InChI is InChI=1S/C15H29NO/c1-12(13-8-4-2-3-5-9-13)16-14-10-6-7-11-15(14)17/h12-17H,2-11H2,1H3/t12-,14+,15+/m0/s1. The summed E-state index contributed by atoms with van der Waals surface area (Å²) in [5.41, 5.74) is 0. The Labute approximate surface area is 106 Å². The van der Waals surface area contributed by atoms with Crippen LogP contribution in [0.15, 0.2) is 0 Å². The van der Waals surface area contributed by atoms with Gasteiger partial charge < -0.3 is 10.4 Å². The Morgan fingerprint density at radius 3 is 2.12 bits per heavy atom. The van der Waals surface area contributed by atoms with Crippen molar-refractivity contribution in [2.75, 3.05) is 0 Å². The first kappa shape index (κ1) is 13.4. The molecular formula is C15H29NO. The van der Waals surface area contributed by atoms with Crippen molar-refractivity contribution in [3.8, 4) is 0 Å². The molecule has 0 aromatic carbocycles. The minimum absolute atomic E-state index is 0.100. The molecule has 0 spiro atoms. The van der Waals surface area contributed by atoms with Gasteiger partial charge in [0.15, 0.2) is 0 Å². The summed E-state index contributed by atoms with van der Waals surface area (Å²) in [6.07, 6.45) is 13.0. The van der Waals surface area contributed by atoms with Crippen molar-refractivity contribution < 1.29 is 5.11 Å². The van der Waals surface area contributed by atoms with Gasteiger partial charge in [-0.05, 0) is 38.5 Å². The van der Waals surface area contributed by atoms with E-state index in [4.69, 9.17) is 0 Å². The van der Waals surface area contributed by atoms with E-state index in [2.05, 4.69) is 12.2 Å². The van der Waals surface area contributed by atoms with Gasteiger partial charge in [-0.2, -0.15) is 0 Å². The average molecular weight is 239 g/mol. The highest BCUT2D eigenvalue weighted by atomic mass is 16.3. The van der Waals surface area contributed by atoms with E-state index in [-0.39, 0.29) is 6.10 Å². The van der Waals surface area contributed by atoms with Gasteiger partial charge in [0.25, 0.3) is 0 Å². The fourth-order valence-corrected chi connectivity index (χ4v) is 3.59. The average Bonchev–Trinajstić information content (AvgIpc) is 2.61. The molecule has 2 nitrogen and oxygen atoms in total. The highest BCUT2D eigenvalue weighted by molar-refractivity contribution is 4.85. The molecule has 2 N–H and O–H groups in total. The molecule has 2 saturated carbocycles. The summed E-state index contributed by atoms with van der Waals surface area (Å²) in [7, 11) is 0. The lowest BCUT2D eigenvalue weighted by atomic mass is 9.88. The number of aliphatic hydroxyl groups is 1. The van der Waals surface area contributed by atoms with Crippen LogP contribution in [0.25, 0.3) is 0 Å². The predicted molar refractivity (Wildman–Crippen MR) is 72.1 cm³/mol. The van der Waals surface area contributed by atoms with E-state index in [1.54, 1.807) is 0 Å². The molecule has 2 rings (SSSR count). The van der Waals surface area contributed by atoms with Crippen LogP contribution in [-0.2, 0) is 0 Å². The summed E-state index contributed by atoms with van der Waals surface area (Å²) in [6.45, 7) is 2.33. The molecule has 2 aliphatic rings.